The molecule has 1 heterocycles. The molecular weight excluding hydrogens is 347 g/mol. The van der Waals surface area contributed by atoms with Crippen molar-refractivity contribution in [2.45, 2.75) is 38.3 Å². The van der Waals surface area contributed by atoms with Crippen LogP contribution in [0.25, 0.3) is 0 Å². The van der Waals surface area contributed by atoms with Crippen LogP contribution in [-0.4, -0.2) is 30.2 Å². The van der Waals surface area contributed by atoms with E-state index in [1.165, 1.54) is 12.1 Å². The summed E-state index contributed by atoms with van der Waals surface area (Å²) < 4.78 is 25.2. The number of para-hydroxylation sites is 1. The van der Waals surface area contributed by atoms with Gasteiger partial charge in [0.2, 0.25) is 0 Å². The van der Waals surface area contributed by atoms with E-state index in [4.69, 9.17) is 15.2 Å². The molecule has 1 amide bonds. The first kappa shape index (κ1) is 19.2. The zero-order chi connectivity index (χ0) is 19.2. The van der Waals surface area contributed by atoms with Crippen LogP contribution in [0.2, 0.25) is 0 Å². The smallest absolute Gasteiger partial charge is 0.415 e. The Balaban J connectivity index is 1.77. The number of likely N-dealkylation sites (tertiary alicyclic amines) is 1. The standard InChI is InChI=1S/C21H25FN2O3/c1-15(23)11-13-26-20-10-9-16(22)14-18(20)19-8-5-12-24(19)21(25)27-17-6-3-2-4-7-17/h2-4,6-7,9-10,14-15,19H,5,8,11-13,23H2,1H3/t15-,19?/m1/s1. The van der Waals surface area contributed by atoms with Crippen LogP contribution < -0.4 is 15.2 Å². The maximum Gasteiger partial charge on any atom is 0.415 e. The molecule has 2 aromatic rings. The lowest BCUT2D eigenvalue weighted by molar-refractivity contribution is 0.146. The molecule has 0 aromatic heterocycles. The molecule has 2 aromatic carbocycles. The summed E-state index contributed by atoms with van der Waals surface area (Å²) in [6.07, 6.45) is 1.82. The monoisotopic (exact) mass is 372 g/mol. The fraction of sp³-hybridized carbons (Fsp3) is 0.381. The highest BCUT2D eigenvalue weighted by atomic mass is 19.1. The van der Waals surface area contributed by atoms with Gasteiger partial charge in [-0.15, -0.1) is 0 Å². The summed E-state index contributed by atoms with van der Waals surface area (Å²) in [6, 6.07) is 13.1. The fourth-order valence-electron chi connectivity index (χ4n) is 3.22. The first-order valence-electron chi connectivity index (χ1n) is 9.26. The van der Waals surface area contributed by atoms with E-state index in [0.29, 0.717) is 36.6 Å². The lowest BCUT2D eigenvalue weighted by Gasteiger charge is -2.26. The van der Waals surface area contributed by atoms with Gasteiger partial charge in [0.15, 0.2) is 0 Å². The van der Waals surface area contributed by atoms with Crippen LogP contribution in [0.5, 0.6) is 11.5 Å². The number of hydrogen-bond acceptors (Lipinski definition) is 4. The van der Waals surface area contributed by atoms with Crippen molar-refractivity contribution >= 4 is 6.09 Å². The van der Waals surface area contributed by atoms with Gasteiger partial charge in [0.1, 0.15) is 17.3 Å². The maximum absolute atomic E-state index is 13.9. The number of benzene rings is 2. The van der Waals surface area contributed by atoms with Crippen molar-refractivity contribution in [2.24, 2.45) is 5.73 Å². The van der Waals surface area contributed by atoms with E-state index in [0.717, 1.165) is 12.8 Å². The van der Waals surface area contributed by atoms with Gasteiger partial charge < -0.3 is 20.1 Å². The Bertz CT molecular complexity index is 767. The van der Waals surface area contributed by atoms with E-state index in [1.54, 1.807) is 35.2 Å². The quantitative estimate of drug-likeness (QED) is 0.822. The number of rotatable bonds is 6. The third-order valence-electron chi connectivity index (χ3n) is 4.60. The third-order valence-corrected chi connectivity index (χ3v) is 4.60. The largest absolute Gasteiger partial charge is 0.493 e. The molecule has 2 atom stereocenters. The highest BCUT2D eigenvalue weighted by Crippen LogP contribution is 2.38. The molecule has 0 saturated carbocycles. The molecule has 0 bridgehead atoms. The van der Waals surface area contributed by atoms with E-state index in [2.05, 4.69) is 0 Å². The lowest BCUT2D eigenvalue weighted by atomic mass is 10.0. The van der Waals surface area contributed by atoms with Crippen LogP contribution in [0.15, 0.2) is 48.5 Å². The minimum atomic E-state index is -0.436. The van der Waals surface area contributed by atoms with Crippen LogP contribution in [0.4, 0.5) is 9.18 Å². The first-order valence-corrected chi connectivity index (χ1v) is 9.26. The summed E-state index contributed by atoms with van der Waals surface area (Å²) in [4.78, 5) is 14.3. The molecule has 0 spiro atoms. The van der Waals surface area contributed by atoms with Crippen molar-refractivity contribution < 1.29 is 18.7 Å². The second-order valence-corrected chi connectivity index (χ2v) is 6.83. The number of carbonyl (C=O) groups excluding carboxylic acids is 1. The molecule has 1 unspecified atom stereocenters. The van der Waals surface area contributed by atoms with Crippen molar-refractivity contribution in [3.63, 3.8) is 0 Å². The van der Waals surface area contributed by atoms with Crippen molar-refractivity contribution in [3.05, 3.63) is 59.9 Å². The number of carbonyl (C=O) groups is 1. The summed E-state index contributed by atoms with van der Waals surface area (Å²) in [5, 5.41) is 0. The summed E-state index contributed by atoms with van der Waals surface area (Å²) >= 11 is 0. The Labute approximate surface area is 158 Å². The Morgan fingerprint density at radius 1 is 1.30 bits per heavy atom. The highest BCUT2D eigenvalue weighted by molar-refractivity contribution is 5.72. The predicted octanol–water partition coefficient (Wildman–Crippen LogP) is 4.28. The Hall–Kier alpha value is -2.60. The molecule has 6 heteroatoms. The van der Waals surface area contributed by atoms with E-state index in [-0.39, 0.29) is 17.9 Å². The molecule has 2 N–H and O–H groups in total. The topological polar surface area (TPSA) is 64.8 Å². The third kappa shape index (κ3) is 4.98. The highest BCUT2D eigenvalue weighted by Gasteiger charge is 2.33. The second-order valence-electron chi connectivity index (χ2n) is 6.83. The minimum Gasteiger partial charge on any atom is -0.493 e. The van der Waals surface area contributed by atoms with Crippen LogP contribution in [-0.2, 0) is 0 Å². The Morgan fingerprint density at radius 3 is 2.81 bits per heavy atom. The average molecular weight is 372 g/mol. The van der Waals surface area contributed by atoms with Crippen molar-refractivity contribution in [1.29, 1.82) is 0 Å². The summed E-state index contributed by atoms with van der Waals surface area (Å²) in [5.74, 6) is 0.718. The lowest BCUT2D eigenvalue weighted by Crippen LogP contribution is -2.33. The number of nitrogens with zero attached hydrogens (tertiary/aromatic N) is 1. The molecule has 0 aliphatic carbocycles. The number of nitrogens with two attached hydrogens (primary N) is 1. The van der Waals surface area contributed by atoms with Gasteiger partial charge in [-0.05, 0) is 56.5 Å². The number of ether oxygens (including phenoxy) is 2. The SMILES string of the molecule is C[C@@H](N)CCOc1ccc(F)cc1C1CCCN1C(=O)Oc1ccccc1. The van der Waals surface area contributed by atoms with Gasteiger partial charge in [-0.2, -0.15) is 0 Å². The average Bonchev–Trinajstić information content (AvgIpc) is 3.13. The van der Waals surface area contributed by atoms with Gasteiger partial charge >= 0.3 is 6.09 Å². The van der Waals surface area contributed by atoms with Gasteiger partial charge in [0.25, 0.3) is 0 Å². The van der Waals surface area contributed by atoms with Gasteiger partial charge in [-0.25, -0.2) is 9.18 Å². The van der Waals surface area contributed by atoms with Crippen LogP contribution in [0.1, 0.15) is 37.8 Å². The molecule has 1 aliphatic heterocycles. The van der Waals surface area contributed by atoms with E-state index in [1.807, 2.05) is 13.0 Å². The Morgan fingerprint density at radius 2 is 2.07 bits per heavy atom. The molecular formula is C21H25FN2O3. The van der Waals surface area contributed by atoms with E-state index >= 15 is 0 Å². The fourth-order valence-corrected chi connectivity index (χ4v) is 3.22. The van der Waals surface area contributed by atoms with Gasteiger partial charge in [-0.1, -0.05) is 18.2 Å². The Kier molecular flexibility index (Phi) is 6.29. The van der Waals surface area contributed by atoms with Gasteiger partial charge in [-0.3, -0.25) is 0 Å². The number of halogens is 1. The van der Waals surface area contributed by atoms with E-state index in [9.17, 15) is 9.18 Å². The van der Waals surface area contributed by atoms with Gasteiger partial charge in [0, 0.05) is 18.2 Å². The number of amides is 1. The second kappa shape index (κ2) is 8.86. The zero-order valence-electron chi connectivity index (χ0n) is 15.4. The summed E-state index contributed by atoms with van der Waals surface area (Å²) in [7, 11) is 0. The van der Waals surface area contributed by atoms with Crippen LogP contribution in [0.3, 0.4) is 0 Å². The van der Waals surface area contributed by atoms with Crippen molar-refractivity contribution in [2.75, 3.05) is 13.2 Å². The molecule has 0 radical (unpaired) electrons. The van der Waals surface area contributed by atoms with Crippen molar-refractivity contribution in [3.8, 4) is 11.5 Å². The predicted molar refractivity (Wildman–Crippen MR) is 101 cm³/mol. The van der Waals surface area contributed by atoms with Crippen LogP contribution in [0, 0.1) is 5.82 Å². The molecule has 3 rings (SSSR count). The number of hydrogen-bond donors (Lipinski definition) is 1. The molecule has 1 fully saturated rings. The van der Waals surface area contributed by atoms with Gasteiger partial charge in [0.05, 0.1) is 12.6 Å². The van der Waals surface area contributed by atoms with Crippen molar-refractivity contribution in [1.82, 2.24) is 4.90 Å². The zero-order valence-corrected chi connectivity index (χ0v) is 15.4. The maximum atomic E-state index is 13.9. The minimum absolute atomic E-state index is 0.0257. The molecule has 27 heavy (non-hydrogen) atoms. The molecule has 1 saturated heterocycles. The molecule has 5 nitrogen and oxygen atoms in total. The molecule has 144 valence electrons. The van der Waals surface area contributed by atoms with Crippen LogP contribution >= 0.6 is 0 Å². The first-order chi connectivity index (χ1) is 13.0. The normalized spacial score (nSPS) is 17.6. The van der Waals surface area contributed by atoms with E-state index < -0.39 is 6.09 Å². The summed E-state index contributed by atoms with van der Waals surface area (Å²) in [5.41, 5.74) is 6.44. The molecule has 1 aliphatic rings. The summed E-state index contributed by atoms with van der Waals surface area (Å²) in [6.45, 7) is 2.91.